The lowest BCUT2D eigenvalue weighted by molar-refractivity contribution is -0.139. The highest BCUT2D eigenvalue weighted by molar-refractivity contribution is 5.79. The number of amides is 1. The number of hydrogen-bond acceptors (Lipinski definition) is 2. The summed E-state index contributed by atoms with van der Waals surface area (Å²) in [7, 11) is 0. The zero-order chi connectivity index (χ0) is 14.3. The van der Waals surface area contributed by atoms with Crippen LogP contribution in [0.25, 0.3) is 0 Å². The SMILES string of the molecule is O=C(O)C1CC2(CCN(C(=O)O)CC2)c2ccccc21. The molecule has 0 radical (unpaired) electrons. The molecule has 0 bridgehead atoms. The molecule has 1 heterocycles. The van der Waals surface area contributed by atoms with E-state index in [1.54, 1.807) is 0 Å². The van der Waals surface area contributed by atoms with Gasteiger partial charge in [0.2, 0.25) is 0 Å². The van der Waals surface area contributed by atoms with Crippen LogP contribution in [0.5, 0.6) is 0 Å². The fourth-order valence-corrected chi connectivity index (χ4v) is 3.71. The number of carboxylic acids is 1. The van der Waals surface area contributed by atoms with Crippen molar-refractivity contribution in [2.75, 3.05) is 13.1 Å². The van der Waals surface area contributed by atoms with Crippen LogP contribution >= 0.6 is 0 Å². The highest BCUT2D eigenvalue weighted by Crippen LogP contribution is 2.51. The molecule has 3 rings (SSSR count). The molecule has 0 saturated carbocycles. The van der Waals surface area contributed by atoms with Crippen LogP contribution in [-0.2, 0) is 10.2 Å². The Bertz CT molecular complexity index is 561. The predicted octanol–water partition coefficient (Wildman–Crippen LogP) is 2.27. The molecule has 5 nitrogen and oxygen atoms in total. The Balaban J connectivity index is 1.93. The number of carbonyl (C=O) groups is 2. The molecule has 20 heavy (non-hydrogen) atoms. The van der Waals surface area contributed by atoms with Gasteiger partial charge in [-0.2, -0.15) is 0 Å². The third kappa shape index (κ3) is 1.85. The molecule has 1 aliphatic heterocycles. The smallest absolute Gasteiger partial charge is 0.407 e. The van der Waals surface area contributed by atoms with Crippen LogP contribution in [0.15, 0.2) is 24.3 Å². The largest absolute Gasteiger partial charge is 0.481 e. The molecule has 106 valence electrons. The summed E-state index contributed by atoms with van der Waals surface area (Å²) in [5, 5.41) is 18.4. The fourth-order valence-electron chi connectivity index (χ4n) is 3.71. The van der Waals surface area contributed by atoms with E-state index < -0.39 is 18.0 Å². The maximum atomic E-state index is 11.5. The van der Waals surface area contributed by atoms with Crippen molar-refractivity contribution in [1.29, 1.82) is 0 Å². The lowest BCUT2D eigenvalue weighted by Gasteiger charge is -2.39. The Morgan fingerprint density at radius 3 is 2.40 bits per heavy atom. The van der Waals surface area contributed by atoms with Gasteiger partial charge in [0.15, 0.2) is 0 Å². The monoisotopic (exact) mass is 275 g/mol. The molecule has 1 aliphatic carbocycles. The molecular formula is C15H17NO4. The normalized spacial score (nSPS) is 23.6. The Morgan fingerprint density at radius 1 is 1.15 bits per heavy atom. The van der Waals surface area contributed by atoms with E-state index >= 15 is 0 Å². The molecular weight excluding hydrogens is 258 g/mol. The van der Waals surface area contributed by atoms with Gasteiger partial charge in [-0.05, 0) is 30.4 Å². The molecule has 1 fully saturated rings. The molecule has 5 heteroatoms. The molecule has 1 atom stereocenters. The number of carboxylic acid groups (broad SMARTS) is 2. The number of benzene rings is 1. The molecule has 1 spiro atoms. The third-order valence-corrected chi connectivity index (χ3v) is 4.79. The summed E-state index contributed by atoms with van der Waals surface area (Å²) in [6, 6.07) is 7.72. The van der Waals surface area contributed by atoms with Gasteiger partial charge < -0.3 is 15.1 Å². The summed E-state index contributed by atoms with van der Waals surface area (Å²) < 4.78 is 0. The molecule has 2 N–H and O–H groups in total. The Morgan fingerprint density at radius 2 is 1.80 bits per heavy atom. The first kappa shape index (κ1) is 13.0. The second kappa shape index (κ2) is 4.51. The van der Waals surface area contributed by atoms with Gasteiger partial charge in [-0.3, -0.25) is 4.79 Å². The van der Waals surface area contributed by atoms with Crippen LogP contribution in [0.2, 0.25) is 0 Å². The summed E-state index contributed by atoms with van der Waals surface area (Å²) in [4.78, 5) is 23.9. The van der Waals surface area contributed by atoms with E-state index in [0.29, 0.717) is 32.4 Å². The van der Waals surface area contributed by atoms with Gasteiger partial charge in [0.1, 0.15) is 0 Å². The van der Waals surface area contributed by atoms with E-state index in [1.807, 2.05) is 24.3 Å². The fraction of sp³-hybridized carbons (Fsp3) is 0.467. The maximum Gasteiger partial charge on any atom is 0.407 e. The van der Waals surface area contributed by atoms with E-state index in [0.717, 1.165) is 11.1 Å². The molecule has 1 amide bonds. The van der Waals surface area contributed by atoms with Crippen molar-refractivity contribution >= 4 is 12.1 Å². The van der Waals surface area contributed by atoms with Gasteiger partial charge in [0.25, 0.3) is 0 Å². The lowest BCUT2D eigenvalue weighted by Crippen LogP contribution is -2.44. The summed E-state index contributed by atoms with van der Waals surface area (Å²) in [6.07, 6.45) is 1.12. The quantitative estimate of drug-likeness (QED) is 0.824. The number of likely N-dealkylation sites (tertiary alicyclic amines) is 1. The second-order valence-electron chi connectivity index (χ2n) is 5.73. The van der Waals surface area contributed by atoms with E-state index in [1.165, 1.54) is 4.90 Å². The van der Waals surface area contributed by atoms with Crippen molar-refractivity contribution in [3.8, 4) is 0 Å². The van der Waals surface area contributed by atoms with E-state index in [-0.39, 0.29) is 5.41 Å². The number of hydrogen-bond donors (Lipinski definition) is 2. The molecule has 1 saturated heterocycles. The van der Waals surface area contributed by atoms with Crippen molar-refractivity contribution in [3.05, 3.63) is 35.4 Å². The predicted molar refractivity (Wildman–Crippen MR) is 71.9 cm³/mol. The van der Waals surface area contributed by atoms with Gasteiger partial charge in [0.05, 0.1) is 5.92 Å². The number of aliphatic carboxylic acids is 1. The molecule has 2 aliphatic rings. The highest BCUT2D eigenvalue weighted by atomic mass is 16.4. The van der Waals surface area contributed by atoms with Crippen molar-refractivity contribution < 1.29 is 19.8 Å². The standard InChI is InChI=1S/C15H17NO4/c17-13(18)11-9-15(12-4-2-1-3-10(11)12)5-7-16(8-6-15)14(19)20/h1-4,11H,5-9H2,(H,17,18)(H,19,20). The summed E-state index contributed by atoms with van der Waals surface area (Å²) in [5.74, 6) is -1.24. The molecule has 1 unspecified atom stereocenters. The average molecular weight is 275 g/mol. The maximum absolute atomic E-state index is 11.5. The van der Waals surface area contributed by atoms with Crippen LogP contribution in [0.3, 0.4) is 0 Å². The zero-order valence-corrected chi connectivity index (χ0v) is 11.1. The van der Waals surface area contributed by atoms with Gasteiger partial charge >= 0.3 is 12.1 Å². The molecule has 1 aromatic rings. The van der Waals surface area contributed by atoms with E-state index in [2.05, 4.69) is 0 Å². The molecule has 0 aromatic heterocycles. The van der Waals surface area contributed by atoms with E-state index in [9.17, 15) is 14.7 Å². The van der Waals surface area contributed by atoms with Gasteiger partial charge in [-0.1, -0.05) is 24.3 Å². The third-order valence-electron chi connectivity index (χ3n) is 4.79. The van der Waals surface area contributed by atoms with Gasteiger partial charge in [0, 0.05) is 18.5 Å². The van der Waals surface area contributed by atoms with Crippen molar-refractivity contribution in [2.24, 2.45) is 0 Å². The first-order chi connectivity index (χ1) is 9.53. The van der Waals surface area contributed by atoms with Crippen LogP contribution in [0.4, 0.5) is 4.79 Å². The molecule has 1 aromatic carbocycles. The number of rotatable bonds is 1. The summed E-state index contributed by atoms with van der Waals surface area (Å²) in [6.45, 7) is 0.964. The average Bonchev–Trinajstić information content (AvgIpc) is 2.75. The van der Waals surface area contributed by atoms with Crippen molar-refractivity contribution in [3.63, 3.8) is 0 Å². The van der Waals surface area contributed by atoms with E-state index in [4.69, 9.17) is 5.11 Å². The van der Waals surface area contributed by atoms with Crippen molar-refractivity contribution in [1.82, 2.24) is 4.90 Å². The Hall–Kier alpha value is -2.04. The highest BCUT2D eigenvalue weighted by Gasteiger charge is 2.47. The van der Waals surface area contributed by atoms with Crippen molar-refractivity contribution in [2.45, 2.75) is 30.6 Å². The number of fused-ring (bicyclic) bond motifs is 2. The Labute approximate surface area is 116 Å². The second-order valence-corrected chi connectivity index (χ2v) is 5.73. The summed E-state index contributed by atoms with van der Waals surface area (Å²) >= 11 is 0. The first-order valence-electron chi connectivity index (χ1n) is 6.84. The van der Waals surface area contributed by atoms with Crippen LogP contribution < -0.4 is 0 Å². The lowest BCUT2D eigenvalue weighted by atomic mass is 9.73. The minimum Gasteiger partial charge on any atom is -0.481 e. The Kier molecular flexibility index (Phi) is 2.92. The summed E-state index contributed by atoms with van der Waals surface area (Å²) in [5.41, 5.74) is 1.85. The number of piperidine rings is 1. The van der Waals surface area contributed by atoms with Crippen LogP contribution in [0, 0.1) is 0 Å². The van der Waals surface area contributed by atoms with Crippen LogP contribution in [0.1, 0.15) is 36.3 Å². The van der Waals surface area contributed by atoms with Gasteiger partial charge in [-0.25, -0.2) is 4.79 Å². The minimum atomic E-state index is -0.888. The van der Waals surface area contributed by atoms with Gasteiger partial charge in [-0.15, -0.1) is 0 Å². The topological polar surface area (TPSA) is 77.8 Å². The van der Waals surface area contributed by atoms with Crippen LogP contribution in [-0.4, -0.2) is 40.3 Å². The zero-order valence-electron chi connectivity index (χ0n) is 11.1. The minimum absolute atomic E-state index is 0.161. The first-order valence-corrected chi connectivity index (χ1v) is 6.84. The number of nitrogens with zero attached hydrogens (tertiary/aromatic N) is 1.